The van der Waals surface area contributed by atoms with Gasteiger partial charge >= 0.3 is 6.03 Å². The standard InChI is InChI=1S/C11H16N4O2/c1-7-3-5-9(6-4-7)14-11(16)13-8(2)10(12)15-17/h3-6,8,17H,1-2H3,(H2,12,15)(H2,13,14,16). The van der Waals surface area contributed by atoms with E-state index in [-0.39, 0.29) is 5.84 Å². The first-order chi connectivity index (χ1) is 8.02. The summed E-state index contributed by atoms with van der Waals surface area (Å²) in [6.45, 7) is 3.58. The van der Waals surface area contributed by atoms with Crippen LogP contribution in [0, 0.1) is 6.92 Å². The van der Waals surface area contributed by atoms with E-state index < -0.39 is 12.1 Å². The Hall–Kier alpha value is -2.24. The number of carbonyl (C=O) groups excluding carboxylic acids is 1. The van der Waals surface area contributed by atoms with Gasteiger partial charge in [0.1, 0.15) is 0 Å². The lowest BCUT2D eigenvalue weighted by atomic mass is 10.2. The van der Waals surface area contributed by atoms with Crippen LogP contribution in [0.3, 0.4) is 0 Å². The van der Waals surface area contributed by atoms with E-state index in [0.717, 1.165) is 5.56 Å². The van der Waals surface area contributed by atoms with Crippen molar-refractivity contribution in [3.8, 4) is 0 Å². The van der Waals surface area contributed by atoms with E-state index in [4.69, 9.17) is 10.9 Å². The Labute approximate surface area is 99.5 Å². The Balaban J connectivity index is 2.53. The van der Waals surface area contributed by atoms with Gasteiger partial charge in [-0.25, -0.2) is 4.79 Å². The first kappa shape index (κ1) is 12.8. The monoisotopic (exact) mass is 236 g/mol. The van der Waals surface area contributed by atoms with Crippen molar-refractivity contribution in [3.63, 3.8) is 0 Å². The highest BCUT2D eigenvalue weighted by molar-refractivity contribution is 5.94. The van der Waals surface area contributed by atoms with Crippen molar-refractivity contribution in [1.82, 2.24) is 5.32 Å². The van der Waals surface area contributed by atoms with Gasteiger partial charge in [-0.05, 0) is 26.0 Å². The maximum absolute atomic E-state index is 11.5. The third-order valence-corrected chi connectivity index (χ3v) is 2.22. The van der Waals surface area contributed by atoms with Crippen LogP contribution in [0.15, 0.2) is 29.4 Å². The number of anilines is 1. The summed E-state index contributed by atoms with van der Waals surface area (Å²) in [4.78, 5) is 11.5. The quantitative estimate of drug-likeness (QED) is 0.275. The second kappa shape index (κ2) is 5.74. The number of amidine groups is 1. The van der Waals surface area contributed by atoms with E-state index in [2.05, 4.69) is 15.8 Å². The van der Waals surface area contributed by atoms with Crippen LogP contribution in [0.1, 0.15) is 12.5 Å². The zero-order chi connectivity index (χ0) is 12.8. The van der Waals surface area contributed by atoms with Crippen molar-refractivity contribution in [2.75, 3.05) is 5.32 Å². The van der Waals surface area contributed by atoms with Gasteiger partial charge in [0, 0.05) is 5.69 Å². The van der Waals surface area contributed by atoms with E-state index in [1.165, 1.54) is 0 Å². The summed E-state index contributed by atoms with van der Waals surface area (Å²) < 4.78 is 0. The van der Waals surface area contributed by atoms with Gasteiger partial charge in [0.25, 0.3) is 0 Å². The van der Waals surface area contributed by atoms with Gasteiger partial charge in [0.15, 0.2) is 5.84 Å². The molecule has 92 valence electrons. The minimum atomic E-state index is -0.537. The first-order valence-corrected chi connectivity index (χ1v) is 5.14. The molecule has 1 atom stereocenters. The number of nitrogens with two attached hydrogens (primary N) is 1. The Kier molecular flexibility index (Phi) is 4.33. The molecule has 0 aliphatic carbocycles. The summed E-state index contributed by atoms with van der Waals surface area (Å²) >= 11 is 0. The highest BCUT2D eigenvalue weighted by Gasteiger charge is 2.10. The van der Waals surface area contributed by atoms with Crippen molar-refractivity contribution >= 4 is 17.6 Å². The van der Waals surface area contributed by atoms with E-state index in [1.54, 1.807) is 19.1 Å². The van der Waals surface area contributed by atoms with Crippen molar-refractivity contribution in [2.24, 2.45) is 10.9 Å². The Morgan fingerprint density at radius 3 is 2.53 bits per heavy atom. The predicted molar refractivity (Wildman–Crippen MR) is 66.2 cm³/mol. The molecule has 1 aromatic rings. The molecule has 0 radical (unpaired) electrons. The molecule has 6 nitrogen and oxygen atoms in total. The van der Waals surface area contributed by atoms with E-state index in [9.17, 15) is 4.79 Å². The summed E-state index contributed by atoms with van der Waals surface area (Å²) in [7, 11) is 0. The van der Waals surface area contributed by atoms with Crippen LogP contribution >= 0.6 is 0 Å². The molecule has 0 fully saturated rings. The van der Waals surface area contributed by atoms with Crippen LogP contribution < -0.4 is 16.4 Å². The van der Waals surface area contributed by atoms with E-state index in [1.807, 2.05) is 19.1 Å². The average Bonchev–Trinajstić information content (AvgIpc) is 2.30. The van der Waals surface area contributed by atoms with Gasteiger partial charge in [-0.3, -0.25) is 0 Å². The number of aryl methyl sites for hydroxylation is 1. The minimum absolute atomic E-state index is 0.0518. The molecule has 1 unspecified atom stereocenters. The van der Waals surface area contributed by atoms with Gasteiger partial charge in [0.2, 0.25) is 0 Å². The van der Waals surface area contributed by atoms with Crippen LogP contribution in [0.25, 0.3) is 0 Å². The number of hydrogen-bond donors (Lipinski definition) is 4. The third kappa shape index (κ3) is 4.02. The average molecular weight is 236 g/mol. The Morgan fingerprint density at radius 2 is 2.00 bits per heavy atom. The van der Waals surface area contributed by atoms with Crippen LogP contribution in [0.5, 0.6) is 0 Å². The fourth-order valence-electron chi connectivity index (χ4n) is 1.16. The lowest BCUT2D eigenvalue weighted by Gasteiger charge is -2.13. The van der Waals surface area contributed by atoms with Crippen LogP contribution in [-0.4, -0.2) is 23.1 Å². The summed E-state index contributed by atoms with van der Waals surface area (Å²) in [6.07, 6.45) is 0. The maximum Gasteiger partial charge on any atom is 0.319 e. The van der Waals surface area contributed by atoms with Crippen molar-refractivity contribution < 1.29 is 10.0 Å². The Bertz CT molecular complexity index is 414. The molecule has 0 saturated carbocycles. The Morgan fingerprint density at radius 1 is 1.41 bits per heavy atom. The summed E-state index contributed by atoms with van der Waals surface area (Å²) in [5.41, 5.74) is 7.13. The number of rotatable bonds is 3. The zero-order valence-electron chi connectivity index (χ0n) is 9.77. The normalized spacial score (nSPS) is 12.9. The van der Waals surface area contributed by atoms with Crippen molar-refractivity contribution in [2.45, 2.75) is 19.9 Å². The number of oxime groups is 1. The molecule has 0 bridgehead atoms. The number of urea groups is 1. The van der Waals surface area contributed by atoms with Gasteiger partial charge in [-0.2, -0.15) is 0 Å². The highest BCUT2D eigenvalue weighted by Crippen LogP contribution is 2.08. The number of carbonyl (C=O) groups is 1. The van der Waals surface area contributed by atoms with E-state index in [0.29, 0.717) is 5.69 Å². The molecular formula is C11H16N4O2. The SMILES string of the molecule is Cc1ccc(NC(=O)NC(C)/C(N)=N/O)cc1. The topological polar surface area (TPSA) is 99.7 Å². The zero-order valence-corrected chi connectivity index (χ0v) is 9.77. The molecule has 0 aliphatic rings. The summed E-state index contributed by atoms with van der Waals surface area (Å²) in [5, 5.41) is 16.4. The number of nitrogens with one attached hydrogen (secondary N) is 2. The minimum Gasteiger partial charge on any atom is -0.409 e. The number of amides is 2. The summed E-state index contributed by atoms with van der Waals surface area (Å²) in [5.74, 6) is -0.0518. The molecule has 1 aromatic carbocycles. The molecule has 0 spiro atoms. The second-order valence-corrected chi connectivity index (χ2v) is 3.71. The molecule has 2 amide bonds. The van der Waals surface area contributed by atoms with Crippen molar-refractivity contribution in [3.05, 3.63) is 29.8 Å². The van der Waals surface area contributed by atoms with Gasteiger partial charge in [-0.1, -0.05) is 22.9 Å². The second-order valence-electron chi connectivity index (χ2n) is 3.71. The van der Waals surface area contributed by atoms with Gasteiger partial charge in [-0.15, -0.1) is 0 Å². The third-order valence-electron chi connectivity index (χ3n) is 2.22. The van der Waals surface area contributed by atoms with Crippen LogP contribution in [-0.2, 0) is 0 Å². The number of benzene rings is 1. The highest BCUT2D eigenvalue weighted by atomic mass is 16.4. The lowest BCUT2D eigenvalue weighted by Crippen LogP contribution is -2.44. The van der Waals surface area contributed by atoms with E-state index >= 15 is 0 Å². The largest absolute Gasteiger partial charge is 0.409 e. The molecular weight excluding hydrogens is 220 g/mol. The molecule has 0 saturated heterocycles. The maximum atomic E-state index is 11.5. The molecule has 1 rings (SSSR count). The number of nitrogens with zero attached hydrogens (tertiary/aromatic N) is 1. The molecule has 6 heteroatoms. The lowest BCUT2D eigenvalue weighted by molar-refractivity contribution is 0.251. The fourth-order valence-corrected chi connectivity index (χ4v) is 1.16. The predicted octanol–water partition coefficient (Wildman–Crippen LogP) is 1.25. The summed E-state index contributed by atoms with van der Waals surface area (Å²) in [6, 6.07) is 6.43. The van der Waals surface area contributed by atoms with Crippen LogP contribution in [0.4, 0.5) is 10.5 Å². The van der Waals surface area contributed by atoms with Crippen molar-refractivity contribution in [1.29, 1.82) is 0 Å². The molecule has 17 heavy (non-hydrogen) atoms. The molecule has 5 N–H and O–H groups in total. The van der Waals surface area contributed by atoms with Gasteiger partial charge in [0.05, 0.1) is 6.04 Å². The van der Waals surface area contributed by atoms with Crippen LogP contribution in [0.2, 0.25) is 0 Å². The molecule has 0 aromatic heterocycles. The molecule has 0 aliphatic heterocycles. The first-order valence-electron chi connectivity index (χ1n) is 5.14. The fraction of sp³-hybridized carbons (Fsp3) is 0.273. The number of hydrogen-bond acceptors (Lipinski definition) is 3. The smallest absolute Gasteiger partial charge is 0.319 e. The molecule has 0 heterocycles. The van der Waals surface area contributed by atoms with Gasteiger partial charge < -0.3 is 21.6 Å².